The summed E-state index contributed by atoms with van der Waals surface area (Å²) in [7, 11) is 0. The number of urea groups is 1. The summed E-state index contributed by atoms with van der Waals surface area (Å²) in [5.41, 5.74) is 1.06. The average molecular weight is 491 g/mol. The molecule has 2 aromatic rings. The summed E-state index contributed by atoms with van der Waals surface area (Å²) in [6.45, 7) is 2.16. The first-order valence-corrected chi connectivity index (χ1v) is 11.7. The van der Waals surface area contributed by atoms with E-state index in [4.69, 9.17) is 0 Å². The molecule has 1 aliphatic rings. The first kappa shape index (κ1) is 26.1. The number of ether oxygens (including phenoxy) is 1. The van der Waals surface area contributed by atoms with Crippen LogP contribution in [-0.4, -0.2) is 23.4 Å². The Morgan fingerprint density at radius 1 is 0.971 bits per heavy atom. The average Bonchev–Trinajstić information content (AvgIpc) is 3.10. The number of nitrogens with zero attached hydrogens (tertiary/aromatic N) is 1. The molecule has 0 saturated heterocycles. The number of benzene rings is 2. The zero-order valence-electron chi connectivity index (χ0n) is 19.5. The normalized spacial score (nSPS) is 14.6. The fourth-order valence-corrected chi connectivity index (χ4v) is 3.99. The van der Waals surface area contributed by atoms with Crippen LogP contribution in [0.25, 0.3) is 5.57 Å². The maximum Gasteiger partial charge on any atom is 0.573 e. The number of allylic oxidation sites excluding steroid dienone is 1. The number of carbonyl (C=O) groups excluding carboxylic acids is 2. The number of carbonyl (C=O) groups is 2. The number of alkyl halides is 3. The third kappa shape index (κ3) is 7.00. The standard InChI is InChI=1S/C26H29F3N2O4/c1-2-3-4-5-6-7-8-13-22(32)23-20-11-9-10-12-21(20)31(24(23)33)25(34)30-18-14-16-19(17-15-18)35-26(27,28)29/h9-12,14-17,32H,2-8,13H2,1H3,(H,30,34). The minimum Gasteiger partial charge on any atom is -0.511 e. The van der Waals surface area contributed by atoms with Crippen LogP contribution >= 0.6 is 0 Å². The van der Waals surface area contributed by atoms with Crippen molar-refractivity contribution in [3.05, 3.63) is 59.9 Å². The summed E-state index contributed by atoms with van der Waals surface area (Å²) in [6, 6.07) is 10.5. The van der Waals surface area contributed by atoms with Crippen molar-refractivity contribution in [2.75, 3.05) is 10.2 Å². The van der Waals surface area contributed by atoms with Gasteiger partial charge in [-0.05, 0) is 36.8 Å². The number of para-hydroxylation sites is 1. The molecular weight excluding hydrogens is 461 g/mol. The van der Waals surface area contributed by atoms with Crippen molar-refractivity contribution >= 4 is 28.9 Å². The van der Waals surface area contributed by atoms with Gasteiger partial charge in [-0.3, -0.25) is 4.79 Å². The molecule has 2 aromatic carbocycles. The number of hydrogen-bond donors (Lipinski definition) is 2. The van der Waals surface area contributed by atoms with Gasteiger partial charge < -0.3 is 15.2 Å². The highest BCUT2D eigenvalue weighted by Gasteiger charge is 2.38. The van der Waals surface area contributed by atoms with Crippen LogP contribution in [0, 0.1) is 0 Å². The van der Waals surface area contributed by atoms with Gasteiger partial charge in [-0.2, -0.15) is 0 Å². The number of aliphatic hydroxyl groups excluding tert-OH is 1. The Morgan fingerprint density at radius 2 is 1.60 bits per heavy atom. The topological polar surface area (TPSA) is 78.9 Å². The predicted molar refractivity (Wildman–Crippen MR) is 128 cm³/mol. The highest BCUT2D eigenvalue weighted by molar-refractivity contribution is 6.41. The van der Waals surface area contributed by atoms with Gasteiger partial charge in [0.05, 0.1) is 11.3 Å². The number of anilines is 2. The Hall–Kier alpha value is -3.49. The molecule has 1 aliphatic heterocycles. The van der Waals surface area contributed by atoms with Crippen molar-refractivity contribution in [1.82, 2.24) is 0 Å². The monoisotopic (exact) mass is 490 g/mol. The van der Waals surface area contributed by atoms with Gasteiger partial charge in [-0.15, -0.1) is 13.2 Å². The van der Waals surface area contributed by atoms with E-state index < -0.39 is 24.1 Å². The van der Waals surface area contributed by atoms with Crippen LogP contribution in [0.1, 0.15) is 63.9 Å². The molecule has 0 spiro atoms. The van der Waals surface area contributed by atoms with Gasteiger partial charge in [-0.25, -0.2) is 9.69 Å². The number of unbranched alkanes of at least 4 members (excludes halogenated alkanes) is 6. The lowest BCUT2D eigenvalue weighted by Gasteiger charge is -2.16. The van der Waals surface area contributed by atoms with Crippen molar-refractivity contribution < 1.29 is 32.6 Å². The number of rotatable bonds is 10. The van der Waals surface area contributed by atoms with Gasteiger partial charge in [0.1, 0.15) is 11.5 Å². The largest absolute Gasteiger partial charge is 0.573 e. The van der Waals surface area contributed by atoms with Crippen molar-refractivity contribution in [1.29, 1.82) is 0 Å². The number of nitrogens with one attached hydrogen (secondary N) is 1. The van der Waals surface area contributed by atoms with Gasteiger partial charge in [0.25, 0.3) is 5.91 Å². The minimum absolute atomic E-state index is 0.0556. The van der Waals surface area contributed by atoms with Gasteiger partial charge in [-0.1, -0.05) is 63.6 Å². The fourth-order valence-electron chi connectivity index (χ4n) is 3.99. The van der Waals surface area contributed by atoms with Crippen LogP contribution in [0.4, 0.5) is 29.3 Å². The number of halogens is 3. The number of imide groups is 1. The molecule has 0 unspecified atom stereocenters. The van der Waals surface area contributed by atoms with E-state index >= 15 is 0 Å². The Morgan fingerprint density at radius 3 is 2.26 bits per heavy atom. The second kappa shape index (κ2) is 11.8. The summed E-state index contributed by atoms with van der Waals surface area (Å²) in [6.07, 6.45) is 2.97. The molecule has 0 aliphatic carbocycles. The van der Waals surface area contributed by atoms with Crippen LogP contribution in [0.3, 0.4) is 0 Å². The molecule has 6 nitrogen and oxygen atoms in total. The first-order chi connectivity index (χ1) is 16.7. The Bertz CT molecular complexity index is 1070. The molecule has 0 aromatic heterocycles. The Kier molecular flexibility index (Phi) is 8.78. The summed E-state index contributed by atoms with van der Waals surface area (Å²) in [5, 5.41) is 13.2. The summed E-state index contributed by atoms with van der Waals surface area (Å²) >= 11 is 0. The maximum atomic E-state index is 13.2. The predicted octanol–water partition coefficient (Wildman–Crippen LogP) is 7.57. The van der Waals surface area contributed by atoms with Crippen LogP contribution in [0.15, 0.2) is 54.3 Å². The van der Waals surface area contributed by atoms with E-state index in [0.29, 0.717) is 17.7 Å². The third-order valence-corrected chi connectivity index (χ3v) is 5.68. The Balaban J connectivity index is 1.69. The van der Waals surface area contributed by atoms with E-state index in [2.05, 4.69) is 17.0 Å². The van der Waals surface area contributed by atoms with Crippen molar-refractivity contribution in [3.63, 3.8) is 0 Å². The second-order valence-corrected chi connectivity index (χ2v) is 8.35. The third-order valence-electron chi connectivity index (χ3n) is 5.68. The summed E-state index contributed by atoms with van der Waals surface area (Å²) in [4.78, 5) is 27.0. The second-order valence-electron chi connectivity index (χ2n) is 8.35. The molecule has 2 N–H and O–H groups in total. The van der Waals surface area contributed by atoms with E-state index in [-0.39, 0.29) is 17.0 Å². The quantitative estimate of drug-likeness (QED) is 0.204. The number of fused-ring (bicyclic) bond motifs is 1. The smallest absolute Gasteiger partial charge is 0.511 e. The molecule has 0 bridgehead atoms. The molecule has 1 heterocycles. The lowest BCUT2D eigenvalue weighted by Crippen LogP contribution is -2.37. The lowest BCUT2D eigenvalue weighted by molar-refractivity contribution is -0.274. The van der Waals surface area contributed by atoms with Crippen LogP contribution in [0.5, 0.6) is 5.75 Å². The van der Waals surface area contributed by atoms with Crippen LogP contribution in [-0.2, 0) is 4.79 Å². The van der Waals surface area contributed by atoms with Crippen LogP contribution in [0.2, 0.25) is 0 Å². The van der Waals surface area contributed by atoms with E-state index in [1.807, 2.05) is 0 Å². The molecule has 35 heavy (non-hydrogen) atoms. The van der Waals surface area contributed by atoms with Gasteiger partial charge in [0, 0.05) is 17.7 Å². The van der Waals surface area contributed by atoms with Crippen molar-refractivity contribution in [2.45, 2.75) is 64.7 Å². The van der Waals surface area contributed by atoms with E-state index in [1.165, 1.54) is 31.4 Å². The first-order valence-electron chi connectivity index (χ1n) is 11.7. The summed E-state index contributed by atoms with van der Waals surface area (Å²) < 4.78 is 40.8. The lowest BCUT2D eigenvalue weighted by atomic mass is 10.0. The fraction of sp³-hybridized carbons (Fsp3) is 0.385. The maximum absolute atomic E-state index is 13.2. The molecule has 0 saturated carbocycles. The SMILES string of the molecule is CCCCCCCCCC(O)=C1C(=O)N(C(=O)Nc2ccc(OC(F)(F)F)cc2)c2ccccc21. The molecule has 3 amide bonds. The number of amides is 3. The molecule has 0 atom stereocenters. The summed E-state index contributed by atoms with van der Waals surface area (Å²) in [5.74, 6) is -1.14. The zero-order valence-corrected chi connectivity index (χ0v) is 19.5. The van der Waals surface area contributed by atoms with Crippen molar-refractivity contribution in [2.24, 2.45) is 0 Å². The zero-order chi connectivity index (χ0) is 25.4. The highest BCUT2D eigenvalue weighted by atomic mass is 19.4. The Labute approximate surface area is 202 Å². The van der Waals surface area contributed by atoms with Gasteiger partial charge in [0.2, 0.25) is 0 Å². The minimum atomic E-state index is -4.82. The molecule has 0 radical (unpaired) electrons. The van der Waals surface area contributed by atoms with E-state index in [0.717, 1.165) is 42.7 Å². The highest BCUT2D eigenvalue weighted by Crippen LogP contribution is 2.39. The molecule has 188 valence electrons. The molecule has 9 heteroatoms. The van der Waals surface area contributed by atoms with E-state index in [1.54, 1.807) is 24.3 Å². The van der Waals surface area contributed by atoms with Crippen molar-refractivity contribution in [3.8, 4) is 5.75 Å². The van der Waals surface area contributed by atoms with Crippen LogP contribution < -0.4 is 15.0 Å². The number of aliphatic hydroxyl groups is 1. The molecule has 0 fully saturated rings. The van der Waals surface area contributed by atoms with Gasteiger partial charge in [0.15, 0.2) is 0 Å². The number of hydrogen-bond acceptors (Lipinski definition) is 4. The van der Waals surface area contributed by atoms with Gasteiger partial charge >= 0.3 is 12.4 Å². The molecular formula is C26H29F3N2O4. The molecule has 3 rings (SSSR count). The van der Waals surface area contributed by atoms with E-state index in [9.17, 15) is 27.9 Å².